The number of nitro groups is 1. The molecular formula is C19H15FeNO3. The second-order valence-corrected chi connectivity index (χ2v) is 4.69. The van der Waals surface area contributed by atoms with Gasteiger partial charge in [0, 0.05) is 29.2 Å². The van der Waals surface area contributed by atoms with Crippen LogP contribution in [0.1, 0.15) is 5.56 Å². The quantitative estimate of drug-likeness (QED) is 0.356. The Bertz CT molecular complexity index is 554. The maximum Gasteiger partial charge on any atom is 0.270 e. The van der Waals surface area contributed by atoms with Crippen LogP contribution in [0.5, 0.6) is 0 Å². The molecule has 24 heavy (non-hydrogen) atoms. The number of hydrogen-bond donors (Lipinski definition) is 0. The molecule has 0 aliphatic heterocycles. The molecular weight excluding hydrogens is 346 g/mol. The van der Waals surface area contributed by atoms with Crippen molar-refractivity contribution < 1.29 is 26.8 Å². The molecule has 3 rings (SSSR count). The predicted molar refractivity (Wildman–Crippen MR) is 89.1 cm³/mol. The molecule has 5 heteroatoms. The van der Waals surface area contributed by atoms with E-state index < -0.39 is 4.92 Å². The summed E-state index contributed by atoms with van der Waals surface area (Å²) in [6, 6.07) is 6.14. The Labute approximate surface area is 154 Å². The van der Waals surface area contributed by atoms with Crippen LogP contribution < -0.4 is 0 Å². The second kappa shape index (κ2) is 11.2. The largest absolute Gasteiger partial charge is 0.294 e. The van der Waals surface area contributed by atoms with Crippen LogP contribution in [-0.4, -0.2) is 10.7 Å². The molecule has 0 unspecified atom stereocenters. The minimum Gasteiger partial charge on any atom is -0.294 e. The molecule has 0 spiro atoms. The van der Waals surface area contributed by atoms with Gasteiger partial charge in [-0.3, -0.25) is 14.9 Å². The molecule has 2 saturated carbocycles. The topological polar surface area (TPSA) is 60.2 Å². The van der Waals surface area contributed by atoms with Gasteiger partial charge in [0.1, 0.15) is 0 Å². The summed E-state index contributed by atoms with van der Waals surface area (Å²) in [6.45, 7) is 0. The predicted octanol–water partition coefficient (Wildman–Crippen LogP) is 3.60. The summed E-state index contributed by atoms with van der Waals surface area (Å²) in [7, 11) is 0. The van der Waals surface area contributed by atoms with Crippen LogP contribution in [0.4, 0.5) is 5.69 Å². The monoisotopic (exact) mass is 361 g/mol. The van der Waals surface area contributed by atoms with Crippen molar-refractivity contribution in [3.63, 3.8) is 0 Å². The summed E-state index contributed by atoms with van der Waals surface area (Å²) in [5, 5.41) is 10.6. The minimum atomic E-state index is -0.462. The van der Waals surface area contributed by atoms with Crippen LogP contribution in [0.3, 0.4) is 0 Å². The summed E-state index contributed by atoms with van der Waals surface area (Å²) in [5.41, 5.74) is 0.641. The number of ketones is 1. The summed E-state index contributed by atoms with van der Waals surface area (Å²) in [4.78, 5) is 21.8. The maximum atomic E-state index is 11.7. The van der Waals surface area contributed by atoms with Crippen molar-refractivity contribution in [1.82, 2.24) is 0 Å². The molecule has 4 nitrogen and oxygen atoms in total. The molecule has 122 valence electrons. The van der Waals surface area contributed by atoms with Crippen molar-refractivity contribution >= 4 is 17.5 Å². The Kier molecular flexibility index (Phi) is 9.58. The van der Waals surface area contributed by atoms with Crippen LogP contribution >= 0.6 is 0 Å². The molecule has 0 aromatic heterocycles. The standard InChI is InChI=1S/C14H10NO3.C5H5.Fe/c16-14(12-5-1-2-6-12)9-8-11-4-3-7-13(10-11)15(17)18;1-2-4-5-3-1;/h1-10H;1-5H;/b9-8+;;. The van der Waals surface area contributed by atoms with E-state index in [0.717, 1.165) is 0 Å². The number of nitro benzene ring substituents is 1. The fourth-order valence-electron chi connectivity index (χ4n) is 1.87. The van der Waals surface area contributed by atoms with Crippen LogP contribution in [0.15, 0.2) is 30.3 Å². The first-order valence-corrected chi connectivity index (χ1v) is 7.02. The van der Waals surface area contributed by atoms with Crippen molar-refractivity contribution in [1.29, 1.82) is 0 Å². The number of non-ortho nitro benzene ring substituents is 1. The van der Waals surface area contributed by atoms with E-state index >= 15 is 0 Å². The molecule has 1 aromatic rings. The van der Waals surface area contributed by atoms with E-state index in [0.29, 0.717) is 11.5 Å². The van der Waals surface area contributed by atoms with Crippen molar-refractivity contribution in [2.45, 2.75) is 0 Å². The second-order valence-electron chi connectivity index (χ2n) is 4.69. The van der Waals surface area contributed by atoms with Crippen LogP contribution in [-0.2, 0) is 21.9 Å². The number of nitrogens with zero attached hydrogens (tertiary/aromatic N) is 1. The molecule has 2 fully saturated rings. The molecule has 0 saturated heterocycles. The SMILES string of the molecule is O=C(/C=C/c1cccc([N+](=O)[O-])c1)[C]1[CH][CH][CH][CH]1.[CH]1[CH][CH][CH][CH]1.[Fe]. The number of carbonyl (C=O) groups excluding carboxylic acids is 1. The third kappa shape index (κ3) is 6.98. The van der Waals surface area contributed by atoms with Crippen LogP contribution in [0, 0.1) is 73.8 Å². The van der Waals surface area contributed by atoms with Gasteiger partial charge in [0.05, 0.1) is 10.8 Å². The van der Waals surface area contributed by atoms with Crippen LogP contribution in [0.2, 0.25) is 0 Å². The van der Waals surface area contributed by atoms with E-state index in [1.165, 1.54) is 18.2 Å². The molecule has 2 aliphatic carbocycles. The molecule has 0 bridgehead atoms. The zero-order valence-electron chi connectivity index (χ0n) is 12.7. The summed E-state index contributed by atoms with van der Waals surface area (Å²) in [5.74, 6) is 0.489. The maximum absolute atomic E-state index is 11.7. The molecule has 0 atom stereocenters. The Hall–Kier alpha value is -1.45. The minimum absolute atomic E-state index is 0. The molecule has 0 amide bonds. The van der Waals surface area contributed by atoms with E-state index in [1.807, 2.05) is 32.1 Å². The zero-order valence-corrected chi connectivity index (χ0v) is 13.8. The molecule has 0 heterocycles. The Balaban J connectivity index is 0.000000412. The number of benzene rings is 1. The van der Waals surface area contributed by atoms with Gasteiger partial charge < -0.3 is 0 Å². The van der Waals surface area contributed by atoms with Gasteiger partial charge in [-0.1, -0.05) is 18.2 Å². The van der Waals surface area contributed by atoms with E-state index in [2.05, 4.69) is 0 Å². The van der Waals surface area contributed by atoms with Gasteiger partial charge in [0.25, 0.3) is 5.69 Å². The number of rotatable bonds is 4. The number of hydrogen-bond acceptors (Lipinski definition) is 3. The van der Waals surface area contributed by atoms with Crippen molar-refractivity contribution in [3.8, 4) is 0 Å². The Morgan fingerprint density at radius 3 is 2.08 bits per heavy atom. The Morgan fingerprint density at radius 1 is 0.958 bits per heavy atom. The smallest absolute Gasteiger partial charge is 0.270 e. The zero-order chi connectivity index (χ0) is 16.5. The van der Waals surface area contributed by atoms with Gasteiger partial charge in [-0.15, -0.1) is 0 Å². The van der Waals surface area contributed by atoms with Gasteiger partial charge in [0.2, 0.25) is 0 Å². The van der Waals surface area contributed by atoms with Crippen LogP contribution in [0.25, 0.3) is 6.08 Å². The van der Waals surface area contributed by atoms with Crippen molar-refractivity contribution in [2.75, 3.05) is 0 Å². The average Bonchev–Trinajstić information content (AvgIpc) is 3.28. The van der Waals surface area contributed by atoms with Gasteiger partial charge in [-0.2, -0.15) is 0 Å². The molecule has 1 aromatic carbocycles. The fourth-order valence-corrected chi connectivity index (χ4v) is 1.87. The summed E-state index contributed by atoms with van der Waals surface area (Å²) in [6.07, 6.45) is 20.0. The van der Waals surface area contributed by atoms with Gasteiger partial charge in [-0.05, 0) is 69.4 Å². The van der Waals surface area contributed by atoms with Gasteiger partial charge in [-0.25, -0.2) is 0 Å². The average molecular weight is 361 g/mol. The summed E-state index contributed by atoms with van der Waals surface area (Å²) >= 11 is 0. The first-order chi connectivity index (χ1) is 11.2. The van der Waals surface area contributed by atoms with Gasteiger partial charge in [0.15, 0.2) is 5.78 Å². The van der Waals surface area contributed by atoms with Crippen molar-refractivity contribution in [2.24, 2.45) is 0 Å². The van der Waals surface area contributed by atoms with E-state index in [4.69, 9.17) is 0 Å². The number of carbonyl (C=O) groups is 1. The first-order valence-electron chi connectivity index (χ1n) is 7.02. The van der Waals surface area contributed by atoms with E-state index in [-0.39, 0.29) is 28.5 Å². The van der Waals surface area contributed by atoms with Gasteiger partial charge >= 0.3 is 0 Å². The number of allylic oxidation sites excluding steroid dienone is 1. The third-order valence-electron chi connectivity index (χ3n) is 3.01. The normalized spacial score (nSPS) is 17.2. The summed E-state index contributed by atoms with van der Waals surface area (Å²) < 4.78 is 0. The van der Waals surface area contributed by atoms with E-state index in [1.54, 1.807) is 43.9 Å². The third-order valence-corrected chi connectivity index (χ3v) is 3.01. The van der Waals surface area contributed by atoms with Crippen molar-refractivity contribution in [3.05, 3.63) is 110 Å². The first kappa shape index (κ1) is 20.6. The fraction of sp³-hybridized carbons (Fsp3) is 0. The molecule has 10 radical (unpaired) electrons. The molecule has 2 aliphatic rings. The molecule has 0 N–H and O–H groups in total. The van der Waals surface area contributed by atoms with E-state index in [9.17, 15) is 14.9 Å². The Morgan fingerprint density at radius 2 is 1.54 bits per heavy atom.